The molecule has 0 aliphatic rings. The lowest BCUT2D eigenvalue weighted by Gasteiger charge is -2.06. The molecule has 0 radical (unpaired) electrons. The summed E-state index contributed by atoms with van der Waals surface area (Å²) in [4.78, 5) is 19.4. The molecule has 0 aliphatic heterocycles. The van der Waals surface area contributed by atoms with Crippen LogP contribution in [0.3, 0.4) is 0 Å². The summed E-state index contributed by atoms with van der Waals surface area (Å²) in [5, 5.41) is 13.3. The summed E-state index contributed by atoms with van der Waals surface area (Å²) in [6.45, 7) is 7.37. The molecular formula is C13H16N4O2. The van der Waals surface area contributed by atoms with Crippen molar-refractivity contribution in [2.75, 3.05) is 0 Å². The third-order valence-corrected chi connectivity index (χ3v) is 2.94. The predicted octanol–water partition coefficient (Wildman–Crippen LogP) is 1.52. The fourth-order valence-electron chi connectivity index (χ4n) is 2.11. The first-order valence-corrected chi connectivity index (χ1v) is 5.98. The van der Waals surface area contributed by atoms with E-state index in [1.807, 2.05) is 33.8 Å². The van der Waals surface area contributed by atoms with Crippen LogP contribution in [0.4, 0.5) is 0 Å². The van der Waals surface area contributed by atoms with Crippen molar-refractivity contribution in [3.8, 4) is 5.82 Å². The molecule has 2 aromatic rings. The second kappa shape index (κ2) is 4.79. The summed E-state index contributed by atoms with van der Waals surface area (Å²) in [7, 11) is 0. The van der Waals surface area contributed by atoms with Gasteiger partial charge < -0.3 is 5.11 Å². The summed E-state index contributed by atoms with van der Waals surface area (Å²) in [5.74, 6) is 0.477. The van der Waals surface area contributed by atoms with Crippen molar-refractivity contribution in [2.45, 2.75) is 34.1 Å². The highest BCUT2D eigenvalue weighted by Crippen LogP contribution is 2.17. The van der Waals surface area contributed by atoms with Gasteiger partial charge in [0.25, 0.3) is 0 Å². The minimum atomic E-state index is -0.860. The van der Waals surface area contributed by atoms with E-state index < -0.39 is 5.97 Å². The lowest BCUT2D eigenvalue weighted by Crippen LogP contribution is -2.06. The molecule has 100 valence electrons. The van der Waals surface area contributed by atoms with Gasteiger partial charge in [-0.3, -0.25) is 4.79 Å². The zero-order valence-corrected chi connectivity index (χ0v) is 11.4. The van der Waals surface area contributed by atoms with Gasteiger partial charge in [0.2, 0.25) is 0 Å². The number of aliphatic carboxylic acids is 1. The largest absolute Gasteiger partial charge is 0.481 e. The Labute approximate surface area is 111 Å². The zero-order valence-electron chi connectivity index (χ0n) is 11.4. The van der Waals surface area contributed by atoms with E-state index in [2.05, 4.69) is 15.1 Å². The lowest BCUT2D eigenvalue weighted by molar-refractivity contribution is -0.136. The lowest BCUT2D eigenvalue weighted by atomic mass is 10.1. The first-order valence-electron chi connectivity index (χ1n) is 5.98. The second-order valence-electron chi connectivity index (χ2n) is 4.55. The van der Waals surface area contributed by atoms with Gasteiger partial charge in [0.1, 0.15) is 5.82 Å². The quantitative estimate of drug-likeness (QED) is 0.905. The van der Waals surface area contributed by atoms with Crippen molar-refractivity contribution in [3.05, 3.63) is 34.5 Å². The maximum atomic E-state index is 10.9. The Bertz CT molecular complexity index is 626. The molecule has 0 fully saturated rings. The van der Waals surface area contributed by atoms with Crippen LogP contribution in [-0.4, -0.2) is 30.8 Å². The predicted molar refractivity (Wildman–Crippen MR) is 69.4 cm³/mol. The zero-order chi connectivity index (χ0) is 14.2. The van der Waals surface area contributed by atoms with Crippen LogP contribution in [0.1, 0.15) is 28.5 Å². The van der Waals surface area contributed by atoms with Crippen molar-refractivity contribution in [1.82, 2.24) is 19.7 Å². The van der Waals surface area contributed by atoms with Crippen molar-refractivity contribution >= 4 is 5.97 Å². The SMILES string of the molecule is Cc1cc(-n2nc(C)c(CC(=O)O)c2C)nc(C)n1. The molecule has 0 bridgehead atoms. The van der Waals surface area contributed by atoms with Crippen LogP contribution in [-0.2, 0) is 11.2 Å². The Kier molecular flexibility index (Phi) is 3.33. The molecule has 0 amide bonds. The number of rotatable bonds is 3. The first kappa shape index (κ1) is 13.2. The molecule has 6 heteroatoms. The van der Waals surface area contributed by atoms with Gasteiger partial charge in [-0.2, -0.15) is 5.10 Å². The molecule has 0 unspecified atom stereocenters. The maximum Gasteiger partial charge on any atom is 0.307 e. The summed E-state index contributed by atoms with van der Waals surface area (Å²) < 4.78 is 1.68. The Morgan fingerprint density at radius 3 is 2.53 bits per heavy atom. The molecule has 2 rings (SSSR count). The Hall–Kier alpha value is -2.24. The highest BCUT2D eigenvalue weighted by molar-refractivity contribution is 5.71. The highest BCUT2D eigenvalue weighted by Gasteiger charge is 2.16. The summed E-state index contributed by atoms with van der Waals surface area (Å²) in [5.41, 5.74) is 3.11. The van der Waals surface area contributed by atoms with E-state index in [4.69, 9.17) is 5.11 Å². The van der Waals surface area contributed by atoms with Crippen LogP contribution >= 0.6 is 0 Å². The van der Waals surface area contributed by atoms with Gasteiger partial charge in [0.15, 0.2) is 5.82 Å². The van der Waals surface area contributed by atoms with Gasteiger partial charge in [-0.1, -0.05) is 0 Å². The number of aromatic nitrogens is 4. The highest BCUT2D eigenvalue weighted by atomic mass is 16.4. The van der Waals surface area contributed by atoms with Crippen LogP contribution in [0, 0.1) is 27.7 Å². The smallest absolute Gasteiger partial charge is 0.307 e. The summed E-state index contributed by atoms with van der Waals surface area (Å²) in [6, 6.07) is 1.83. The van der Waals surface area contributed by atoms with E-state index in [0.29, 0.717) is 17.3 Å². The molecule has 6 nitrogen and oxygen atoms in total. The van der Waals surface area contributed by atoms with Crippen LogP contribution in [0.5, 0.6) is 0 Å². The summed E-state index contributed by atoms with van der Waals surface area (Å²) >= 11 is 0. The van der Waals surface area contributed by atoms with E-state index in [1.54, 1.807) is 4.68 Å². The minimum Gasteiger partial charge on any atom is -0.481 e. The van der Waals surface area contributed by atoms with Crippen LogP contribution in [0.15, 0.2) is 6.07 Å². The molecule has 0 atom stereocenters. The van der Waals surface area contributed by atoms with Crippen LogP contribution in [0.2, 0.25) is 0 Å². The fraction of sp³-hybridized carbons (Fsp3) is 0.385. The van der Waals surface area contributed by atoms with E-state index in [9.17, 15) is 4.79 Å². The molecule has 0 aliphatic carbocycles. The Morgan fingerprint density at radius 2 is 1.95 bits per heavy atom. The molecule has 0 aromatic carbocycles. The number of carboxylic acids is 1. The number of hydrogen-bond donors (Lipinski definition) is 1. The molecule has 19 heavy (non-hydrogen) atoms. The van der Waals surface area contributed by atoms with E-state index >= 15 is 0 Å². The number of hydrogen-bond acceptors (Lipinski definition) is 4. The maximum absolute atomic E-state index is 10.9. The van der Waals surface area contributed by atoms with Crippen LogP contribution in [0.25, 0.3) is 5.82 Å². The molecule has 2 heterocycles. The first-order chi connectivity index (χ1) is 8.88. The number of nitrogens with zero attached hydrogens (tertiary/aromatic N) is 4. The van der Waals surface area contributed by atoms with Gasteiger partial charge in [0, 0.05) is 23.0 Å². The van der Waals surface area contributed by atoms with Crippen molar-refractivity contribution in [2.24, 2.45) is 0 Å². The normalized spacial score (nSPS) is 10.7. The van der Waals surface area contributed by atoms with Crippen LogP contribution < -0.4 is 0 Å². The number of carbonyl (C=O) groups is 1. The van der Waals surface area contributed by atoms with Gasteiger partial charge in [-0.15, -0.1) is 0 Å². The fourth-order valence-corrected chi connectivity index (χ4v) is 2.11. The van der Waals surface area contributed by atoms with Gasteiger partial charge in [-0.05, 0) is 27.7 Å². The average Bonchev–Trinajstić information content (AvgIpc) is 2.55. The van der Waals surface area contributed by atoms with Crippen molar-refractivity contribution < 1.29 is 9.90 Å². The van der Waals surface area contributed by atoms with Gasteiger partial charge in [-0.25, -0.2) is 14.6 Å². The third kappa shape index (κ3) is 2.62. The van der Waals surface area contributed by atoms with Gasteiger partial charge in [0.05, 0.1) is 12.1 Å². The average molecular weight is 260 g/mol. The van der Waals surface area contributed by atoms with E-state index in [1.165, 1.54) is 0 Å². The molecule has 2 aromatic heterocycles. The van der Waals surface area contributed by atoms with Crippen molar-refractivity contribution in [1.29, 1.82) is 0 Å². The number of aryl methyl sites for hydroxylation is 3. The standard InChI is InChI=1S/C13H16N4O2/c1-7-5-12(15-10(4)14-7)17-9(3)11(6-13(18)19)8(2)16-17/h5H,6H2,1-4H3,(H,18,19). The van der Waals surface area contributed by atoms with E-state index in [-0.39, 0.29) is 6.42 Å². The van der Waals surface area contributed by atoms with E-state index in [0.717, 1.165) is 17.0 Å². The Balaban J connectivity index is 2.54. The van der Waals surface area contributed by atoms with Crippen molar-refractivity contribution in [3.63, 3.8) is 0 Å². The Morgan fingerprint density at radius 1 is 1.26 bits per heavy atom. The summed E-state index contributed by atoms with van der Waals surface area (Å²) in [6.07, 6.45) is -0.0271. The second-order valence-corrected chi connectivity index (χ2v) is 4.55. The van der Waals surface area contributed by atoms with Gasteiger partial charge >= 0.3 is 5.97 Å². The molecular weight excluding hydrogens is 244 g/mol. The monoisotopic (exact) mass is 260 g/mol. The topological polar surface area (TPSA) is 80.9 Å². The molecule has 0 spiro atoms. The molecule has 0 saturated carbocycles. The number of carboxylic acid groups (broad SMARTS) is 1. The third-order valence-electron chi connectivity index (χ3n) is 2.94. The molecule has 1 N–H and O–H groups in total. The molecule has 0 saturated heterocycles. The minimum absolute atomic E-state index is 0.0271.